The van der Waals surface area contributed by atoms with Crippen LogP contribution in [0, 0.1) is 0 Å². The summed E-state index contributed by atoms with van der Waals surface area (Å²) in [7, 11) is 0. The molecule has 1 aliphatic heterocycles. The summed E-state index contributed by atoms with van der Waals surface area (Å²) in [6.45, 7) is 5.67. The molecule has 0 aromatic carbocycles. The summed E-state index contributed by atoms with van der Waals surface area (Å²) in [4.78, 5) is 4.29. The monoisotopic (exact) mass is 235 g/mol. The van der Waals surface area contributed by atoms with Crippen LogP contribution in [0.5, 0.6) is 0 Å². The second-order valence-corrected chi connectivity index (χ2v) is 5.13. The van der Waals surface area contributed by atoms with Crippen LogP contribution < -0.4 is 5.32 Å². The molecular weight excluding hydrogens is 210 g/mol. The molecule has 1 fully saturated rings. The quantitative estimate of drug-likeness (QED) is 0.702. The zero-order valence-corrected chi connectivity index (χ0v) is 11.0. The van der Waals surface area contributed by atoms with Crippen LogP contribution in [0.3, 0.4) is 0 Å². The molecule has 0 aliphatic carbocycles. The standard InChI is InChI=1S/C14H25N3/c1-2-3-4-5-6-7-8-17-12-16-11-14(17)13-9-15-10-13/h11-13,15H,2-10H2,1H3. The molecule has 0 radical (unpaired) electrons. The molecule has 0 amide bonds. The van der Waals surface area contributed by atoms with Crippen molar-refractivity contribution in [2.45, 2.75) is 57.9 Å². The number of nitrogens with one attached hydrogen (secondary N) is 1. The molecule has 2 heterocycles. The average Bonchev–Trinajstić information content (AvgIpc) is 2.69. The minimum atomic E-state index is 0.706. The lowest BCUT2D eigenvalue weighted by Gasteiger charge is -2.27. The number of nitrogens with zero attached hydrogens (tertiary/aromatic N) is 2. The molecule has 96 valence electrons. The Morgan fingerprint density at radius 2 is 2.00 bits per heavy atom. The Hall–Kier alpha value is -0.830. The second-order valence-electron chi connectivity index (χ2n) is 5.13. The Kier molecular flexibility index (Phi) is 5.05. The second kappa shape index (κ2) is 6.80. The third kappa shape index (κ3) is 3.56. The van der Waals surface area contributed by atoms with Crippen LogP contribution in [0.2, 0.25) is 0 Å². The molecule has 0 unspecified atom stereocenters. The smallest absolute Gasteiger partial charge is 0.0948 e. The minimum absolute atomic E-state index is 0.706. The number of unbranched alkanes of at least 4 members (excludes halogenated alkanes) is 5. The van der Waals surface area contributed by atoms with E-state index >= 15 is 0 Å². The van der Waals surface area contributed by atoms with Crippen LogP contribution in [-0.2, 0) is 6.54 Å². The third-order valence-corrected chi connectivity index (χ3v) is 3.70. The molecule has 0 atom stereocenters. The van der Waals surface area contributed by atoms with Crippen LogP contribution in [0.25, 0.3) is 0 Å². The van der Waals surface area contributed by atoms with Gasteiger partial charge in [0.2, 0.25) is 0 Å². The van der Waals surface area contributed by atoms with E-state index in [1.165, 1.54) is 44.2 Å². The number of aromatic nitrogens is 2. The highest BCUT2D eigenvalue weighted by Crippen LogP contribution is 2.19. The molecule has 0 saturated carbocycles. The van der Waals surface area contributed by atoms with E-state index in [9.17, 15) is 0 Å². The number of hydrogen-bond donors (Lipinski definition) is 1. The fourth-order valence-electron chi connectivity index (χ4n) is 2.42. The van der Waals surface area contributed by atoms with E-state index in [0.717, 1.165) is 19.6 Å². The number of imidazole rings is 1. The predicted molar refractivity (Wildman–Crippen MR) is 71.2 cm³/mol. The Morgan fingerprint density at radius 3 is 2.71 bits per heavy atom. The van der Waals surface area contributed by atoms with Crippen molar-refractivity contribution in [1.29, 1.82) is 0 Å². The number of aryl methyl sites for hydroxylation is 1. The van der Waals surface area contributed by atoms with E-state index in [-0.39, 0.29) is 0 Å². The number of hydrogen-bond acceptors (Lipinski definition) is 2. The van der Waals surface area contributed by atoms with Gasteiger partial charge in [0.1, 0.15) is 0 Å². The maximum Gasteiger partial charge on any atom is 0.0948 e. The molecule has 3 heteroatoms. The number of rotatable bonds is 8. The lowest BCUT2D eigenvalue weighted by Crippen LogP contribution is -2.40. The van der Waals surface area contributed by atoms with Gasteiger partial charge in [-0.25, -0.2) is 4.98 Å². The summed E-state index contributed by atoms with van der Waals surface area (Å²) in [5.41, 5.74) is 1.43. The largest absolute Gasteiger partial charge is 0.334 e. The third-order valence-electron chi connectivity index (χ3n) is 3.70. The summed E-state index contributed by atoms with van der Waals surface area (Å²) in [6.07, 6.45) is 12.2. The molecule has 17 heavy (non-hydrogen) atoms. The summed E-state index contributed by atoms with van der Waals surface area (Å²) >= 11 is 0. The van der Waals surface area contributed by atoms with Gasteiger partial charge in [-0.3, -0.25) is 0 Å². The van der Waals surface area contributed by atoms with Crippen LogP contribution >= 0.6 is 0 Å². The molecule has 1 aliphatic rings. The average molecular weight is 235 g/mol. The van der Waals surface area contributed by atoms with E-state index < -0.39 is 0 Å². The zero-order chi connectivity index (χ0) is 11.9. The highest BCUT2D eigenvalue weighted by molar-refractivity contribution is 5.11. The van der Waals surface area contributed by atoms with Crippen molar-refractivity contribution in [1.82, 2.24) is 14.9 Å². The summed E-state index contributed by atoms with van der Waals surface area (Å²) in [5, 5.41) is 3.33. The fourth-order valence-corrected chi connectivity index (χ4v) is 2.42. The highest BCUT2D eigenvalue weighted by atomic mass is 15.1. The summed E-state index contributed by atoms with van der Waals surface area (Å²) in [6, 6.07) is 0. The van der Waals surface area contributed by atoms with Gasteiger partial charge in [-0.15, -0.1) is 0 Å². The lowest BCUT2D eigenvalue weighted by atomic mass is 10.00. The van der Waals surface area contributed by atoms with Gasteiger partial charge in [-0.05, 0) is 6.42 Å². The van der Waals surface area contributed by atoms with Crippen molar-refractivity contribution in [2.75, 3.05) is 13.1 Å². The molecule has 1 aromatic rings. The molecule has 0 bridgehead atoms. The SMILES string of the molecule is CCCCCCCCn1cncc1C1CNC1. The normalized spacial score (nSPS) is 16.1. The van der Waals surface area contributed by atoms with Gasteiger partial charge in [-0.2, -0.15) is 0 Å². The summed E-state index contributed by atoms with van der Waals surface area (Å²) in [5.74, 6) is 0.706. The fraction of sp³-hybridized carbons (Fsp3) is 0.786. The molecule has 2 rings (SSSR count). The van der Waals surface area contributed by atoms with Gasteiger partial charge in [0, 0.05) is 37.4 Å². The van der Waals surface area contributed by atoms with Crippen LogP contribution in [-0.4, -0.2) is 22.6 Å². The van der Waals surface area contributed by atoms with Crippen molar-refractivity contribution >= 4 is 0 Å². The Bertz CT molecular complexity index is 315. The summed E-state index contributed by atoms with van der Waals surface area (Å²) < 4.78 is 2.35. The Balaban J connectivity index is 1.66. The van der Waals surface area contributed by atoms with Crippen molar-refractivity contribution < 1.29 is 0 Å². The molecule has 1 aromatic heterocycles. The molecule has 1 saturated heterocycles. The van der Waals surface area contributed by atoms with Crippen LogP contribution in [0.4, 0.5) is 0 Å². The maximum absolute atomic E-state index is 4.29. The van der Waals surface area contributed by atoms with Crippen LogP contribution in [0.1, 0.15) is 57.1 Å². The first-order valence-electron chi connectivity index (χ1n) is 7.12. The van der Waals surface area contributed by atoms with Crippen molar-refractivity contribution in [3.05, 3.63) is 18.2 Å². The van der Waals surface area contributed by atoms with Gasteiger partial charge in [0.25, 0.3) is 0 Å². The first-order valence-corrected chi connectivity index (χ1v) is 7.12. The first-order chi connectivity index (χ1) is 8.42. The van der Waals surface area contributed by atoms with E-state index in [4.69, 9.17) is 0 Å². The van der Waals surface area contributed by atoms with E-state index in [1.807, 2.05) is 12.5 Å². The lowest BCUT2D eigenvalue weighted by molar-refractivity contribution is 0.419. The minimum Gasteiger partial charge on any atom is -0.334 e. The zero-order valence-electron chi connectivity index (χ0n) is 11.0. The van der Waals surface area contributed by atoms with E-state index in [1.54, 1.807) is 0 Å². The van der Waals surface area contributed by atoms with E-state index in [0.29, 0.717) is 5.92 Å². The van der Waals surface area contributed by atoms with Crippen LogP contribution in [0.15, 0.2) is 12.5 Å². The van der Waals surface area contributed by atoms with Gasteiger partial charge in [-0.1, -0.05) is 39.0 Å². The van der Waals surface area contributed by atoms with Crippen molar-refractivity contribution in [3.8, 4) is 0 Å². The molecular formula is C14H25N3. The Labute approximate surface area is 105 Å². The van der Waals surface area contributed by atoms with Gasteiger partial charge >= 0.3 is 0 Å². The molecule has 0 spiro atoms. The van der Waals surface area contributed by atoms with Crippen molar-refractivity contribution in [3.63, 3.8) is 0 Å². The predicted octanol–water partition coefficient (Wildman–Crippen LogP) is 2.93. The molecule has 1 N–H and O–H groups in total. The molecule has 3 nitrogen and oxygen atoms in total. The first kappa shape index (κ1) is 12.6. The van der Waals surface area contributed by atoms with Gasteiger partial charge in [0.15, 0.2) is 0 Å². The topological polar surface area (TPSA) is 29.9 Å². The van der Waals surface area contributed by atoms with Gasteiger partial charge in [0.05, 0.1) is 6.33 Å². The maximum atomic E-state index is 4.29. The van der Waals surface area contributed by atoms with E-state index in [2.05, 4.69) is 21.8 Å². The highest BCUT2D eigenvalue weighted by Gasteiger charge is 2.21. The van der Waals surface area contributed by atoms with Gasteiger partial charge < -0.3 is 9.88 Å². The Morgan fingerprint density at radius 1 is 1.24 bits per heavy atom. The van der Waals surface area contributed by atoms with Crippen molar-refractivity contribution in [2.24, 2.45) is 0 Å².